The molecule has 1 aromatic carbocycles. The predicted octanol–water partition coefficient (Wildman–Crippen LogP) is 2.19. The Kier molecular flexibility index (Phi) is 4.15. The first-order chi connectivity index (χ1) is 9.34. The third-order valence-corrected chi connectivity index (χ3v) is 5.99. The molecule has 110 valence electrons. The number of rotatable bonds is 3. The molecule has 2 unspecified atom stereocenters. The summed E-state index contributed by atoms with van der Waals surface area (Å²) >= 11 is 0. The van der Waals surface area contributed by atoms with Crippen molar-refractivity contribution in [3.63, 3.8) is 0 Å². The van der Waals surface area contributed by atoms with E-state index in [4.69, 9.17) is 5.11 Å². The number of hydrogen-bond donors (Lipinski definition) is 1. The van der Waals surface area contributed by atoms with Gasteiger partial charge in [0, 0.05) is 12.6 Å². The Hall–Kier alpha value is -1.40. The van der Waals surface area contributed by atoms with Crippen molar-refractivity contribution in [2.45, 2.75) is 37.6 Å². The predicted molar refractivity (Wildman–Crippen MR) is 75.2 cm³/mol. The van der Waals surface area contributed by atoms with E-state index < -0.39 is 16.0 Å². The molecular formula is C14H19NO4S. The number of carboxylic acid groups (broad SMARTS) is 1. The average Bonchev–Trinajstić information content (AvgIpc) is 2.41. The fourth-order valence-corrected chi connectivity index (χ4v) is 4.37. The van der Waals surface area contributed by atoms with E-state index in [1.165, 1.54) is 28.6 Å². The molecule has 1 N–H and O–H groups in total. The lowest BCUT2D eigenvalue weighted by atomic mass is 9.94. The Bertz CT molecular complexity index is 611. The maximum atomic E-state index is 12.7. The maximum absolute atomic E-state index is 12.7. The number of aromatic carboxylic acids is 1. The van der Waals surface area contributed by atoms with Crippen molar-refractivity contribution < 1.29 is 18.3 Å². The van der Waals surface area contributed by atoms with E-state index in [-0.39, 0.29) is 16.5 Å². The zero-order chi connectivity index (χ0) is 14.9. The van der Waals surface area contributed by atoms with Gasteiger partial charge in [0.15, 0.2) is 0 Å². The molecule has 0 amide bonds. The van der Waals surface area contributed by atoms with Gasteiger partial charge < -0.3 is 5.11 Å². The van der Waals surface area contributed by atoms with Gasteiger partial charge in [-0.15, -0.1) is 0 Å². The zero-order valence-electron chi connectivity index (χ0n) is 11.6. The largest absolute Gasteiger partial charge is 0.478 e. The van der Waals surface area contributed by atoms with Gasteiger partial charge in [0.25, 0.3) is 0 Å². The number of nitrogens with zero attached hydrogens (tertiary/aromatic N) is 1. The fraction of sp³-hybridized carbons (Fsp3) is 0.500. The molecule has 0 radical (unpaired) electrons. The molecule has 1 fully saturated rings. The standard InChI is InChI=1S/C14H19NO4S/c1-10-5-4-8-15(11(10)2)20(18,19)13-7-3-6-12(9-13)14(16)17/h3,6-7,9-11H,4-5,8H2,1-2H3,(H,16,17). The number of carbonyl (C=O) groups is 1. The molecule has 1 aromatic rings. The normalized spacial score (nSPS) is 24.5. The minimum absolute atomic E-state index is 0.0104. The molecule has 1 aliphatic heterocycles. The van der Waals surface area contributed by atoms with E-state index in [2.05, 4.69) is 0 Å². The van der Waals surface area contributed by atoms with E-state index in [9.17, 15) is 13.2 Å². The van der Waals surface area contributed by atoms with Crippen LogP contribution in [0.5, 0.6) is 0 Å². The zero-order valence-corrected chi connectivity index (χ0v) is 12.4. The number of sulfonamides is 1. The minimum Gasteiger partial charge on any atom is -0.478 e. The van der Waals surface area contributed by atoms with Gasteiger partial charge in [0.2, 0.25) is 10.0 Å². The SMILES string of the molecule is CC1CCCN(S(=O)(=O)c2cccc(C(=O)O)c2)C1C. The summed E-state index contributed by atoms with van der Waals surface area (Å²) in [6.07, 6.45) is 1.85. The Labute approximate surface area is 119 Å². The molecular weight excluding hydrogens is 278 g/mol. The molecule has 0 aromatic heterocycles. The second-order valence-electron chi connectivity index (χ2n) is 5.31. The van der Waals surface area contributed by atoms with Crippen molar-refractivity contribution in [1.82, 2.24) is 4.31 Å². The number of benzene rings is 1. The van der Waals surface area contributed by atoms with Crippen LogP contribution < -0.4 is 0 Å². The number of piperidine rings is 1. The smallest absolute Gasteiger partial charge is 0.335 e. The highest BCUT2D eigenvalue weighted by Crippen LogP contribution is 2.29. The third kappa shape index (κ3) is 2.71. The van der Waals surface area contributed by atoms with Gasteiger partial charge in [0.1, 0.15) is 0 Å². The third-order valence-electron chi connectivity index (χ3n) is 4.00. The molecule has 0 aliphatic carbocycles. The van der Waals surface area contributed by atoms with E-state index in [1.54, 1.807) is 0 Å². The van der Waals surface area contributed by atoms with Crippen LogP contribution in [0.25, 0.3) is 0 Å². The van der Waals surface area contributed by atoms with Crippen LogP contribution in [0, 0.1) is 5.92 Å². The maximum Gasteiger partial charge on any atom is 0.335 e. The molecule has 20 heavy (non-hydrogen) atoms. The molecule has 2 atom stereocenters. The van der Waals surface area contributed by atoms with Gasteiger partial charge in [-0.3, -0.25) is 0 Å². The molecule has 1 aliphatic rings. The summed E-state index contributed by atoms with van der Waals surface area (Å²) in [5.41, 5.74) is -0.0104. The van der Waals surface area contributed by atoms with Crippen molar-refractivity contribution >= 4 is 16.0 Å². The number of carboxylic acids is 1. The highest BCUT2D eigenvalue weighted by Gasteiger charge is 2.34. The monoisotopic (exact) mass is 297 g/mol. The molecule has 5 nitrogen and oxygen atoms in total. The summed E-state index contributed by atoms with van der Waals surface area (Å²) in [6.45, 7) is 4.44. The Morgan fingerprint density at radius 3 is 2.70 bits per heavy atom. The van der Waals surface area contributed by atoms with E-state index >= 15 is 0 Å². The van der Waals surface area contributed by atoms with Crippen molar-refractivity contribution in [3.8, 4) is 0 Å². The summed E-state index contributed by atoms with van der Waals surface area (Å²) < 4.78 is 26.8. The summed E-state index contributed by atoms with van der Waals surface area (Å²) in [5, 5.41) is 8.97. The van der Waals surface area contributed by atoms with E-state index in [0.717, 1.165) is 12.8 Å². The molecule has 0 bridgehead atoms. The lowest BCUT2D eigenvalue weighted by Crippen LogP contribution is -2.45. The highest BCUT2D eigenvalue weighted by atomic mass is 32.2. The summed E-state index contributed by atoms with van der Waals surface area (Å²) in [5.74, 6) is -0.816. The first kappa shape index (κ1) is 15.0. The van der Waals surface area contributed by atoms with Crippen molar-refractivity contribution in [3.05, 3.63) is 29.8 Å². The lowest BCUT2D eigenvalue weighted by molar-refractivity contribution is 0.0696. The van der Waals surface area contributed by atoms with Gasteiger partial charge in [0.05, 0.1) is 10.5 Å². The lowest BCUT2D eigenvalue weighted by Gasteiger charge is -2.36. The molecule has 1 saturated heterocycles. The van der Waals surface area contributed by atoms with Crippen LogP contribution in [0.2, 0.25) is 0 Å². The summed E-state index contributed by atoms with van der Waals surface area (Å²) in [4.78, 5) is 11.0. The molecule has 0 spiro atoms. The van der Waals surface area contributed by atoms with Crippen molar-refractivity contribution in [2.24, 2.45) is 5.92 Å². The van der Waals surface area contributed by atoms with Crippen LogP contribution in [0.1, 0.15) is 37.0 Å². The van der Waals surface area contributed by atoms with Crippen LogP contribution in [-0.2, 0) is 10.0 Å². The van der Waals surface area contributed by atoms with Crippen LogP contribution in [0.3, 0.4) is 0 Å². The second kappa shape index (κ2) is 5.54. The van der Waals surface area contributed by atoms with E-state index in [1.807, 2.05) is 13.8 Å². The van der Waals surface area contributed by atoms with Gasteiger partial charge in [-0.1, -0.05) is 13.0 Å². The van der Waals surface area contributed by atoms with E-state index in [0.29, 0.717) is 12.5 Å². The van der Waals surface area contributed by atoms with Crippen molar-refractivity contribution in [1.29, 1.82) is 0 Å². The van der Waals surface area contributed by atoms with Gasteiger partial charge >= 0.3 is 5.97 Å². The van der Waals surface area contributed by atoms with Gasteiger partial charge in [-0.2, -0.15) is 4.31 Å². The van der Waals surface area contributed by atoms with Gasteiger partial charge in [-0.25, -0.2) is 13.2 Å². The first-order valence-corrected chi connectivity index (χ1v) is 8.13. The molecule has 2 rings (SSSR count). The van der Waals surface area contributed by atoms with Crippen LogP contribution >= 0.6 is 0 Å². The summed E-state index contributed by atoms with van der Waals surface area (Å²) in [7, 11) is -3.63. The Morgan fingerprint density at radius 2 is 2.05 bits per heavy atom. The van der Waals surface area contributed by atoms with Crippen LogP contribution in [-0.4, -0.2) is 36.4 Å². The molecule has 6 heteroatoms. The second-order valence-corrected chi connectivity index (χ2v) is 7.20. The topological polar surface area (TPSA) is 74.7 Å². The minimum atomic E-state index is -3.63. The Balaban J connectivity index is 2.39. The van der Waals surface area contributed by atoms with Crippen molar-refractivity contribution in [2.75, 3.05) is 6.54 Å². The number of hydrogen-bond acceptors (Lipinski definition) is 3. The first-order valence-electron chi connectivity index (χ1n) is 6.69. The van der Waals surface area contributed by atoms with Crippen LogP contribution in [0.4, 0.5) is 0 Å². The van der Waals surface area contributed by atoms with Gasteiger partial charge in [-0.05, 0) is 43.9 Å². The summed E-state index contributed by atoms with van der Waals surface area (Å²) in [6, 6.07) is 5.47. The fourth-order valence-electron chi connectivity index (χ4n) is 2.56. The Morgan fingerprint density at radius 1 is 1.35 bits per heavy atom. The molecule has 0 saturated carbocycles. The highest BCUT2D eigenvalue weighted by molar-refractivity contribution is 7.89. The quantitative estimate of drug-likeness (QED) is 0.928. The average molecular weight is 297 g/mol. The molecule has 1 heterocycles. The van der Waals surface area contributed by atoms with Crippen LogP contribution in [0.15, 0.2) is 29.2 Å².